The van der Waals surface area contributed by atoms with Gasteiger partial charge in [0.15, 0.2) is 0 Å². The zero-order valence-electron chi connectivity index (χ0n) is 6.52. The molecule has 0 heterocycles. The van der Waals surface area contributed by atoms with Gasteiger partial charge in [-0.25, -0.2) is 8.78 Å². The Hall–Kier alpha value is -0.560. The van der Waals surface area contributed by atoms with Gasteiger partial charge in [-0.3, -0.25) is 0 Å². The van der Waals surface area contributed by atoms with E-state index < -0.39 is 18.3 Å². The van der Waals surface area contributed by atoms with E-state index in [4.69, 9.17) is 0 Å². The number of alkyl halides is 8. The Morgan fingerprint density at radius 3 is 0.615 bits per heavy atom. The average Bonchev–Trinajstić information content (AvgIpc) is 1.50. The van der Waals surface area contributed by atoms with Gasteiger partial charge in [0.2, 0.25) is 5.92 Å². The van der Waals surface area contributed by atoms with E-state index in [2.05, 4.69) is 0 Å². The summed E-state index contributed by atoms with van der Waals surface area (Å²) in [5.41, 5.74) is 0. The van der Waals surface area contributed by atoms with Gasteiger partial charge in [0.05, 0.1) is 0 Å². The first-order valence-corrected chi connectivity index (χ1v) is 2.76. The molecular formula is C5H6F8. The van der Waals surface area contributed by atoms with Crippen molar-refractivity contribution in [3.63, 3.8) is 0 Å². The van der Waals surface area contributed by atoms with Crippen molar-refractivity contribution in [2.45, 2.75) is 32.1 Å². The van der Waals surface area contributed by atoms with Crippen LogP contribution in [0.25, 0.3) is 0 Å². The summed E-state index contributed by atoms with van der Waals surface area (Å²) < 4.78 is 84.7. The summed E-state index contributed by atoms with van der Waals surface area (Å²) in [4.78, 5) is 0. The Kier molecular flexibility index (Phi) is 4.71. The van der Waals surface area contributed by atoms with Gasteiger partial charge in [-0.05, 0) is 13.8 Å². The number of halogens is 8. The first-order valence-electron chi connectivity index (χ1n) is 2.76. The summed E-state index contributed by atoms with van der Waals surface area (Å²) in [5, 5.41) is 0. The molecule has 0 unspecified atom stereocenters. The average molecular weight is 218 g/mol. The maximum absolute atomic E-state index is 11.0. The lowest BCUT2D eigenvalue weighted by atomic mass is 10.5. The fourth-order valence-electron chi connectivity index (χ4n) is 0. The lowest BCUT2D eigenvalue weighted by Gasteiger charge is -2.08. The van der Waals surface area contributed by atoms with Gasteiger partial charge in [0.1, 0.15) is 0 Å². The van der Waals surface area contributed by atoms with Crippen LogP contribution in [0.4, 0.5) is 35.1 Å². The third-order valence-electron chi connectivity index (χ3n) is 0.321. The molecule has 8 heteroatoms. The van der Waals surface area contributed by atoms with Gasteiger partial charge in [0, 0.05) is 0 Å². The smallest absolute Gasteiger partial charge is 0.208 e. The molecule has 0 nitrogen and oxygen atoms in total. The highest BCUT2D eigenvalue weighted by atomic mass is 19.5. The van der Waals surface area contributed by atoms with E-state index in [0.29, 0.717) is 0 Å². The van der Waals surface area contributed by atoms with E-state index >= 15 is 0 Å². The molecule has 0 aromatic rings. The van der Waals surface area contributed by atoms with Crippen molar-refractivity contribution in [1.82, 2.24) is 0 Å². The standard InChI is InChI=1S/C3H6F2.C2F6/c1-3(2,4)5;3-1(4,5)2(6,7)8/h1-2H3;. The Balaban J connectivity index is 0. The Labute approximate surface area is 68.5 Å². The monoisotopic (exact) mass is 218 g/mol. The number of hydrogen-bond donors (Lipinski definition) is 0. The van der Waals surface area contributed by atoms with Crippen LogP contribution in [-0.4, -0.2) is 18.3 Å². The molecule has 0 N–H and O–H groups in total. The molecular weight excluding hydrogens is 212 g/mol. The lowest BCUT2D eigenvalue weighted by Crippen LogP contribution is -2.30. The third kappa shape index (κ3) is 14.3. The molecule has 13 heavy (non-hydrogen) atoms. The Morgan fingerprint density at radius 1 is 0.538 bits per heavy atom. The highest BCUT2D eigenvalue weighted by Crippen LogP contribution is 2.35. The molecule has 0 aliphatic rings. The molecule has 0 aliphatic heterocycles. The molecule has 0 radical (unpaired) electrons. The second-order valence-electron chi connectivity index (χ2n) is 2.32. The SMILES string of the molecule is CC(C)(F)F.FC(F)(F)C(F)(F)F. The van der Waals surface area contributed by atoms with Crippen molar-refractivity contribution in [3.05, 3.63) is 0 Å². The maximum Gasteiger partial charge on any atom is 0.487 e. The third-order valence-corrected chi connectivity index (χ3v) is 0.321. The van der Waals surface area contributed by atoms with Crippen molar-refractivity contribution >= 4 is 0 Å². The molecule has 0 saturated carbocycles. The van der Waals surface area contributed by atoms with Gasteiger partial charge in [-0.15, -0.1) is 0 Å². The van der Waals surface area contributed by atoms with E-state index in [1.54, 1.807) is 0 Å². The van der Waals surface area contributed by atoms with E-state index in [-0.39, 0.29) is 0 Å². The molecule has 0 aromatic carbocycles. The molecule has 0 aromatic heterocycles. The topological polar surface area (TPSA) is 0 Å². The molecule has 0 rings (SSSR count). The van der Waals surface area contributed by atoms with Crippen molar-refractivity contribution in [2.75, 3.05) is 0 Å². The second kappa shape index (κ2) is 4.10. The normalized spacial score (nSPS) is 13.4. The molecule has 0 atom stereocenters. The van der Waals surface area contributed by atoms with Crippen molar-refractivity contribution in [1.29, 1.82) is 0 Å². The zero-order valence-corrected chi connectivity index (χ0v) is 6.52. The van der Waals surface area contributed by atoms with Crippen LogP contribution in [0.5, 0.6) is 0 Å². The molecule has 0 fully saturated rings. The van der Waals surface area contributed by atoms with Crippen LogP contribution in [0.1, 0.15) is 13.8 Å². The van der Waals surface area contributed by atoms with Crippen LogP contribution < -0.4 is 0 Å². The zero-order chi connectivity index (χ0) is 11.5. The van der Waals surface area contributed by atoms with Gasteiger partial charge in [0.25, 0.3) is 0 Å². The first-order chi connectivity index (χ1) is 5.25. The van der Waals surface area contributed by atoms with Gasteiger partial charge in [-0.2, -0.15) is 26.3 Å². The van der Waals surface area contributed by atoms with E-state index in [1.807, 2.05) is 0 Å². The van der Waals surface area contributed by atoms with Crippen LogP contribution in [0.15, 0.2) is 0 Å². The van der Waals surface area contributed by atoms with Crippen molar-refractivity contribution in [2.24, 2.45) is 0 Å². The molecule has 0 spiro atoms. The van der Waals surface area contributed by atoms with E-state index in [9.17, 15) is 35.1 Å². The highest BCUT2D eigenvalue weighted by Gasteiger charge is 2.58. The van der Waals surface area contributed by atoms with Crippen LogP contribution in [0.2, 0.25) is 0 Å². The minimum atomic E-state index is -6.06. The fraction of sp³-hybridized carbons (Fsp3) is 1.00. The highest BCUT2D eigenvalue weighted by molar-refractivity contribution is 4.59. The summed E-state index contributed by atoms with van der Waals surface area (Å²) >= 11 is 0. The van der Waals surface area contributed by atoms with Gasteiger partial charge in [-0.1, -0.05) is 0 Å². The predicted molar refractivity (Wildman–Crippen MR) is 28.4 cm³/mol. The van der Waals surface area contributed by atoms with Crippen molar-refractivity contribution in [3.8, 4) is 0 Å². The van der Waals surface area contributed by atoms with E-state index in [1.165, 1.54) is 0 Å². The second-order valence-corrected chi connectivity index (χ2v) is 2.32. The molecule has 0 aliphatic carbocycles. The summed E-state index contributed by atoms with van der Waals surface area (Å²) in [6, 6.07) is 0. The van der Waals surface area contributed by atoms with Gasteiger partial charge >= 0.3 is 12.4 Å². The number of hydrogen-bond acceptors (Lipinski definition) is 0. The predicted octanol–water partition coefficient (Wildman–Crippen LogP) is 3.77. The Bertz CT molecular complexity index is 116. The van der Waals surface area contributed by atoms with Crippen LogP contribution in [-0.2, 0) is 0 Å². The maximum atomic E-state index is 11.0. The largest absolute Gasteiger partial charge is 0.487 e. The van der Waals surface area contributed by atoms with Crippen LogP contribution in [0.3, 0.4) is 0 Å². The first kappa shape index (κ1) is 14.9. The molecule has 82 valence electrons. The molecule has 0 saturated heterocycles. The summed E-state index contributed by atoms with van der Waals surface area (Å²) in [7, 11) is 0. The molecule has 0 bridgehead atoms. The number of rotatable bonds is 0. The van der Waals surface area contributed by atoms with Crippen molar-refractivity contribution < 1.29 is 35.1 Å². The quantitative estimate of drug-likeness (QED) is 0.543. The van der Waals surface area contributed by atoms with Crippen LogP contribution >= 0.6 is 0 Å². The minimum Gasteiger partial charge on any atom is -0.208 e. The minimum absolute atomic E-state index is 0.854. The van der Waals surface area contributed by atoms with E-state index in [0.717, 1.165) is 13.8 Å². The van der Waals surface area contributed by atoms with Crippen LogP contribution in [0, 0.1) is 0 Å². The Morgan fingerprint density at radius 2 is 0.615 bits per heavy atom. The van der Waals surface area contributed by atoms with Gasteiger partial charge < -0.3 is 0 Å². The summed E-state index contributed by atoms with van der Waals surface area (Å²) in [6.07, 6.45) is -12.1. The summed E-state index contributed by atoms with van der Waals surface area (Å²) in [5.74, 6) is -2.50. The lowest BCUT2D eigenvalue weighted by molar-refractivity contribution is -0.339. The molecule has 0 amide bonds. The fourth-order valence-corrected chi connectivity index (χ4v) is 0. The summed E-state index contributed by atoms with van der Waals surface area (Å²) in [6.45, 7) is 1.71.